The SMILES string of the molecule is CCCCN1C(=O)/C(=C/c2ccccc2OC)SC1=S. The lowest BCUT2D eigenvalue weighted by atomic mass is 10.2. The highest BCUT2D eigenvalue weighted by Crippen LogP contribution is 2.34. The topological polar surface area (TPSA) is 29.5 Å². The third kappa shape index (κ3) is 3.22. The molecule has 1 heterocycles. The van der Waals surface area contributed by atoms with Crippen LogP contribution in [0.5, 0.6) is 5.75 Å². The number of benzene rings is 1. The van der Waals surface area contributed by atoms with Crippen LogP contribution in [0, 0.1) is 0 Å². The number of thiocarbonyl (C=S) groups is 1. The molecule has 0 saturated carbocycles. The Morgan fingerprint density at radius 1 is 1.40 bits per heavy atom. The van der Waals surface area contributed by atoms with Gasteiger partial charge in [0, 0.05) is 12.1 Å². The van der Waals surface area contributed by atoms with E-state index < -0.39 is 0 Å². The molecular formula is C15H17NO2S2. The first kappa shape index (κ1) is 15.1. The number of carbonyl (C=O) groups is 1. The van der Waals surface area contributed by atoms with Gasteiger partial charge in [-0.05, 0) is 18.6 Å². The summed E-state index contributed by atoms with van der Waals surface area (Å²) in [6, 6.07) is 7.63. The van der Waals surface area contributed by atoms with Gasteiger partial charge in [-0.1, -0.05) is 55.5 Å². The number of carbonyl (C=O) groups excluding carboxylic acids is 1. The molecule has 2 rings (SSSR count). The number of ether oxygens (including phenoxy) is 1. The number of nitrogens with zero attached hydrogens (tertiary/aromatic N) is 1. The molecule has 20 heavy (non-hydrogen) atoms. The molecule has 0 atom stereocenters. The van der Waals surface area contributed by atoms with Gasteiger partial charge in [-0.2, -0.15) is 0 Å². The number of thioether (sulfide) groups is 1. The average Bonchev–Trinajstić information content (AvgIpc) is 2.72. The Morgan fingerprint density at radius 3 is 2.85 bits per heavy atom. The Bertz CT molecular complexity index is 555. The minimum atomic E-state index is -0.000596. The zero-order chi connectivity index (χ0) is 14.5. The lowest BCUT2D eigenvalue weighted by Gasteiger charge is -2.13. The van der Waals surface area contributed by atoms with Gasteiger partial charge in [-0.3, -0.25) is 9.69 Å². The molecule has 1 aliphatic heterocycles. The van der Waals surface area contributed by atoms with E-state index in [-0.39, 0.29) is 5.91 Å². The van der Waals surface area contributed by atoms with Crippen molar-refractivity contribution in [3.63, 3.8) is 0 Å². The van der Waals surface area contributed by atoms with Crippen LogP contribution < -0.4 is 4.74 Å². The predicted octanol–water partition coefficient (Wildman–Crippen LogP) is 3.70. The zero-order valence-corrected chi connectivity index (χ0v) is 13.2. The Hall–Kier alpha value is -1.33. The smallest absolute Gasteiger partial charge is 0.266 e. The minimum Gasteiger partial charge on any atom is -0.496 e. The van der Waals surface area contributed by atoms with Gasteiger partial charge in [0.25, 0.3) is 5.91 Å². The van der Waals surface area contributed by atoms with E-state index in [4.69, 9.17) is 17.0 Å². The van der Waals surface area contributed by atoms with Crippen molar-refractivity contribution in [2.75, 3.05) is 13.7 Å². The minimum absolute atomic E-state index is 0.000596. The standard InChI is InChI=1S/C15H17NO2S2/c1-3-4-9-16-14(17)13(20-15(16)19)10-11-7-5-6-8-12(11)18-2/h5-8,10H,3-4,9H2,1-2H3/b13-10-. The van der Waals surface area contributed by atoms with Gasteiger partial charge in [0.05, 0.1) is 12.0 Å². The van der Waals surface area contributed by atoms with Gasteiger partial charge in [0.15, 0.2) is 0 Å². The molecule has 0 aromatic heterocycles. The van der Waals surface area contributed by atoms with Crippen LogP contribution in [0.1, 0.15) is 25.3 Å². The zero-order valence-electron chi connectivity index (χ0n) is 11.6. The molecule has 1 aromatic rings. The van der Waals surface area contributed by atoms with Gasteiger partial charge in [-0.25, -0.2) is 0 Å². The predicted molar refractivity (Wildman–Crippen MR) is 87.8 cm³/mol. The maximum absolute atomic E-state index is 12.3. The van der Waals surface area contributed by atoms with Crippen LogP contribution in [0.3, 0.4) is 0 Å². The van der Waals surface area contributed by atoms with E-state index in [1.54, 1.807) is 12.0 Å². The number of unbranched alkanes of at least 4 members (excludes halogenated alkanes) is 1. The first-order chi connectivity index (χ1) is 9.67. The fourth-order valence-corrected chi connectivity index (χ4v) is 3.24. The second-order valence-corrected chi connectivity index (χ2v) is 6.10. The van der Waals surface area contributed by atoms with Crippen LogP contribution in [0.15, 0.2) is 29.2 Å². The molecule has 0 aliphatic carbocycles. The highest BCUT2D eigenvalue weighted by atomic mass is 32.2. The van der Waals surface area contributed by atoms with Crippen LogP contribution in [-0.4, -0.2) is 28.8 Å². The number of hydrogen-bond acceptors (Lipinski definition) is 4. The van der Waals surface area contributed by atoms with Crippen molar-refractivity contribution in [2.45, 2.75) is 19.8 Å². The molecule has 106 valence electrons. The van der Waals surface area contributed by atoms with Gasteiger partial charge >= 0.3 is 0 Å². The lowest BCUT2D eigenvalue weighted by Crippen LogP contribution is -2.28. The van der Waals surface area contributed by atoms with Crippen LogP contribution in [-0.2, 0) is 4.79 Å². The molecule has 1 fully saturated rings. The lowest BCUT2D eigenvalue weighted by molar-refractivity contribution is -0.122. The summed E-state index contributed by atoms with van der Waals surface area (Å²) in [5.41, 5.74) is 0.894. The van der Waals surface area contributed by atoms with Gasteiger partial charge in [0.1, 0.15) is 10.1 Å². The van der Waals surface area contributed by atoms with E-state index in [1.165, 1.54) is 11.8 Å². The molecule has 3 nitrogen and oxygen atoms in total. The van der Waals surface area contributed by atoms with Crippen molar-refractivity contribution in [2.24, 2.45) is 0 Å². The molecule has 0 unspecified atom stereocenters. The summed E-state index contributed by atoms with van der Waals surface area (Å²) in [6.07, 6.45) is 3.86. The Morgan fingerprint density at radius 2 is 2.15 bits per heavy atom. The van der Waals surface area contributed by atoms with Crippen molar-refractivity contribution in [1.29, 1.82) is 0 Å². The van der Waals surface area contributed by atoms with Crippen molar-refractivity contribution in [3.05, 3.63) is 34.7 Å². The van der Waals surface area contributed by atoms with Crippen LogP contribution >= 0.6 is 24.0 Å². The largest absolute Gasteiger partial charge is 0.496 e. The van der Waals surface area contributed by atoms with E-state index in [2.05, 4.69) is 6.92 Å². The first-order valence-electron chi connectivity index (χ1n) is 6.55. The Kier molecular flexibility index (Phi) is 5.20. The summed E-state index contributed by atoms with van der Waals surface area (Å²) in [5, 5.41) is 0. The van der Waals surface area contributed by atoms with Crippen LogP contribution in [0.2, 0.25) is 0 Å². The van der Waals surface area contributed by atoms with Crippen molar-refractivity contribution < 1.29 is 9.53 Å². The van der Waals surface area contributed by atoms with Crippen LogP contribution in [0.4, 0.5) is 0 Å². The Balaban J connectivity index is 2.23. The van der Waals surface area contributed by atoms with E-state index in [0.717, 1.165) is 24.2 Å². The highest BCUT2D eigenvalue weighted by Gasteiger charge is 2.31. The number of hydrogen-bond donors (Lipinski definition) is 0. The molecular weight excluding hydrogens is 290 g/mol. The highest BCUT2D eigenvalue weighted by molar-refractivity contribution is 8.26. The molecule has 5 heteroatoms. The van der Waals surface area contributed by atoms with E-state index in [9.17, 15) is 4.79 Å². The summed E-state index contributed by atoms with van der Waals surface area (Å²) in [7, 11) is 1.62. The van der Waals surface area contributed by atoms with E-state index in [1.807, 2.05) is 30.3 Å². The number of rotatable bonds is 5. The maximum atomic E-state index is 12.3. The number of para-hydroxylation sites is 1. The van der Waals surface area contributed by atoms with E-state index >= 15 is 0 Å². The third-order valence-electron chi connectivity index (χ3n) is 3.03. The number of amides is 1. The summed E-state index contributed by atoms with van der Waals surface area (Å²) < 4.78 is 5.94. The molecule has 0 N–H and O–H groups in total. The fourth-order valence-electron chi connectivity index (χ4n) is 1.94. The molecule has 0 radical (unpaired) electrons. The van der Waals surface area contributed by atoms with Crippen molar-refractivity contribution >= 4 is 40.3 Å². The molecule has 0 spiro atoms. The summed E-state index contributed by atoms with van der Waals surface area (Å²) >= 11 is 6.64. The van der Waals surface area contributed by atoms with E-state index in [0.29, 0.717) is 15.8 Å². The third-order valence-corrected chi connectivity index (χ3v) is 4.41. The van der Waals surface area contributed by atoms with Gasteiger partial charge in [0.2, 0.25) is 0 Å². The molecule has 0 bridgehead atoms. The maximum Gasteiger partial charge on any atom is 0.266 e. The monoisotopic (exact) mass is 307 g/mol. The molecule has 1 amide bonds. The second kappa shape index (κ2) is 6.90. The summed E-state index contributed by atoms with van der Waals surface area (Å²) in [5.74, 6) is 0.755. The fraction of sp³-hybridized carbons (Fsp3) is 0.333. The Labute approximate surface area is 129 Å². The summed E-state index contributed by atoms with van der Waals surface area (Å²) in [4.78, 5) is 14.7. The molecule has 1 aliphatic rings. The summed E-state index contributed by atoms with van der Waals surface area (Å²) in [6.45, 7) is 2.80. The first-order valence-corrected chi connectivity index (χ1v) is 7.78. The van der Waals surface area contributed by atoms with Crippen LogP contribution in [0.25, 0.3) is 6.08 Å². The van der Waals surface area contributed by atoms with Gasteiger partial charge < -0.3 is 4.74 Å². The van der Waals surface area contributed by atoms with Crippen molar-refractivity contribution in [3.8, 4) is 5.75 Å². The molecule has 1 aromatic carbocycles. The number of methoxy groups -OCH3 is 1. The normalized spacial score (nSPS) is 17.1. The van der Waals surface area contributed by atoms with Crippen molar-refractivity contribution in [1.82, 2.24) is 4.90 Å². The van der Waals surface area contributed by atoms with Gasteiger partial charge in [-0.15, -0.1) is 0 Å². The quantitative estimate of drug-likeness (QED) is 0.613. The molecule has 1 saturated heterocycles. The average molecular weight is 307 g/mol. The second-order valence-electron chi connectivity index (χ2n) is 4.43.